The minimum absolute atomic E-state index is 0.0113. The summed E-state index contributed by atoms with van der Waals surface area (Å²) >= 11 is 0. The van der Waals surface area contributed by atoms with E-state index in [9.17, 15) is 0 Å². The summed E-state index contributed by atoms with van der Waals surface area (Å²) in [5.41, 5.74) is 4.54. The van der Waals surface area contributed by atoms with Crippen LogP contribution in [0.5, 0.6) is 11.5 Å². The van der Waals surface area contributed by atoms with Crippen LogP contribution >= 0.6 is 0 Å². The lowest BCUT2D eigenvalue weighted by atomic mass is 9.99. The Morgan fingerprint density at radius 1 is 0.719 bits per heavy atom. The maximum Gasteiger partial charge on any atom is 0.120 e. The number of ether oxygens (including phenoxy) is 2. The molecule has 0 fully saturated rings. The number of hydrogen-bond donors (Lipinski definition) is 0. The molecule has 3 nitrogen and oxygen atoms in total. The maximum absolute atomic E-state index is 5.97. The van der Waals surface area contributed by atoms with E-state index in [0.29, 0.717) is 6.61 Å². The van der Waals surface area contributed by atoms with Crippen LogP contribution in [-0.2, 0) is 13.0 Å². The second kappa shape index (κ2) is 11.0. The van der Waals surface area contributed by atoms with Crippen LogP contribution < -0.4 is 9.47 Å². The third-order valence-corrected chi connectivity index (χ3v) is 5.26. The zero-order chi connectivity index (χ0) is 22.0. The fourth-order valence-electron chi connectivity index (χ4n) is 3.56. The highest BCUT2D eigenvalue weighted by Gasteiger charge is 2.11. The van der Waals surface area contributed by atoms with E-state index in [2.05, 4.69) is 48.5 Å². The van der Waals surface area contributed by atoms with E-state index in [1.165, 1.54) is 11.1 Å². The number of benzene rings is 4. The van der Waals surface area contributed by atoms with E-state index < -0.39 is 0 Å². The molecule has 0 amide bonds. The Kier molecular flexibility index (Phi) is 7.33. The zero-order valence-corrected chi connectivity index (χ0v) is 18.2. The molecule has 4 rings (SSSR count). The van der Waals surface area contributed by atoms with Crippen molar-refractivity contribution in [2.45, 2.75) is 19.1 Å². The van der Waals surface area contributed by atoms with E-state index in [1.807, 2.05) is 66.9 Å². The number of aliphatic imine (C=N–C) groups is 1. The molecule has 0 aliphatic heterocycles. The third-order valence-electron chi connectivity index (χ3n) is 5.26. The molecule has 4 aromatic carbocycles. The summed E-state index contributed by atoms with van der Waals surface area (Å²) in [5.74, 6) is 1.70. The number of hydrogen-bond acceptors (Lipinski definition) is 3. The van der Waals surface area contributed by atoms with Crippen molar-refractivity contribution in [2.75, 3.05) is 7.11 Å². The van der Waals surface area contributed by atoms with Gasteiger partial charge in [-0.05, 0) is 52.9 Å². The third kappa shape index (κ3) is 6.08. The highest BCUT2D eigenvalue weighted by Crippen LogP contribution is 2.25. The Morgan fingerprint density at radius 3 is 2.19 bits per heavy atom. The first-order chi connectivity index (χ1) is 15.8. The summed E-state index contributed by atoms with van der Waals surface area (Å²) in [4.78, 5) is 4.95. The summed E-state index contributed by atoms with van der Waals surface area (Å²) in [6.45, 7) is 0.546. The second-order valence-corrected chi connectivity index (χ2v) is 7.61. The molecule has 0 N–H and O–H groups in total. The van der Waals surface area contributed by atoms with Gasteiger partial charge in [0.2, 0.25) is 0 Å². The lowest BCUT2D eigenvalue weighted by Gasteiger charge is -2.14. The Balaban J connectivity index is 1.50. The van der Waals surface area contributed by atoms with Crippen LogP contribution in [0.4, 0.5) is 0 Å². The summed E-state index contributed by atoms with van der Waals surface area (Å²) < 4.78 is 11.4. The van der Waals surface area contributed by atoms with Crippen molar-refractivity contribution in [1.82, 2.24) is 0 Å². The lowest BCUT2D eigenvalue weighted by molar-refractivity contribution is 0.306. The predicted molar refractivity (Wildman–Crippen MR) is 131 cm³/mol. The quantitative estimate of drug-likeness (QED) is 0.282. The summed E-state index contributed by atoms with van der Waals surface area (Å²) in [5, 5.41) is 0. The van der Waals surface area contributed by atoms with E-state index in [0.717, 1.165) is 29.0 Å². The minimum atomic E-state index is 0.0113. The van der Waals surface area contributed by atoms with Crippen LogP contribution in [0.25, 0.3) is 0 Å². The maximum atomic E-state index is 5.97. The first-order valence-electron chi connectivity index (χ1n) is 10.8. The molecule has 4 aromatic rings. The highest BCUT2D eigenvalue weighted by molar-refractivity contribution is 5.80. The van der Waals surface area contributed by atoms with E-state index in [4.69, 9.17) is 14.5 Å². The second-order valence-electron chi connectivity index (χ2n) is 7.61. The van der Waals surface area contributed by atoms with Gasteiger partial charge in [0, 0.05) is 6.21 Å². The van der Waals surface area contributed by atoms with E-state index >= 15 is 0 Å². The van der Waals surface area contributed by atoms with Gasteiger partial charge < -0.3 is 9.47 Å². The van der Waals surface area contributed by atoms with Gasteiger partial charge in [0.25, 0.3) is 0 Å². The van der Waals surface area contributed by atoms with Crippen molar-refractivity contribution >= 4 is 6.21 Å². The largest absolute Gasteiger partial charge is 0.497 e. The number of rotatable bonds is 9. The zero-order valence-electron chi connectivity index (χ0n) is 18.2. The molecule has 32 heavy (non-hydrogen) atoms. The molecule has 0 spiro atoms. The van der Waals surface area contributed by atoms with Gasteiger partial charge in [-0.1, -0.05) is 84.9 Å². The Hall–Kier alpha value is -3.85. The molecule has 0 aliphatic rings. The van der Waals surface area contributed by atoms with E-state index in [1.54, 1.807) is 7.11 Å². The first kappa shape index (κ1) is 21.4. The topological polar surface area (TPSA) is 30.8 Å². The smallest absolute Gasteiger partial charge is 0.120 e. The van der Waals surface area contributed by atoms with Crippen LogP contribution in [0.1, 0.15) is 28.3 Å². The van der Waals surface area contributed by atoms with Crippen molar-refractivity contribution < 1.29 is 9.47 Å². The van der Waals surface area contributed by atoms with Gasteiger partial charge in [0.15, 0.2) is 0 Å². The summed E-state index contributed by atoms with van der Waals surface area (Å²) in [6.07, 6.45) is 2.73. The van der Waals surface area contributed by atoms with Crippen molar-refractivity contribution in [1.29, 1.82) is 0 Å². The predicted octanol–water partition coefficient (Wildman–Crippen LogP) is 6.68. The summed E-state index contributed by atoms with van der Waals surface area (Å²) in [7, 11) is 1.69. The Labute approximate surface area is 190 Å². The lowest BCUT2D eigenvalue weighted by Crippen LogP contribution is -2.02. The normalized spacial score (nSPS) is 11.9. The standard InChI is InChI=1S/C29H27NO2/c1-31-27-16-8-12-24(18-27)20-29(26-14-6-3-7-15-26)30-21-25-13-9-17-28(19-25)32-22-23-10-4-2-5-11-23/h2-19,21,29H,20,22H2,1H3. The Morgan fingerprint density at radius 2 is 1.41 bits per heavy atom. The van der Waals surface area contributed by atoms with Crippen molar-refractivity contribution in [3.8, 4) is 11.5 Å². The fourth-order valence-corrected chi connectivity index (χ4v) is 3.56. The van der Waals surface area contributed by atoms with Gasteiger partial charge >= 0.3 is 0 Å². The molecular formula is C29H27NO2. The molecule has 1 unspecified atom stereocenters. The van der Waals surface area contributed by atoms with Crippen LogP contribution in [0.15, 0.2) is 114 Å². The molecular weight excluding hydrogens is 394 g/mol. The molecule has 1 atom stereocenters. The molecule has 0 aromatic heterocycles. The first-order valence-corrected chi connectivity index (χ1v) is 10.8. The van der Waals surface area contributed by atoms with Crippen LogP contribution in [-0.4, -0.2) is 13.3 Å². The average molecular weight is 422 g/mol. The van der Waals surface area contributed by atoms with Gasteiger partial charge in [-0.2, -0.15) is 0 Å². The molecule has 160 valence electrons. The molecule has 0 radical (unpaired) electrons. The molecule has 0 heterocycles. The summed E-state index contributed by atoms with van der Waals surface area (Å²) in [6, 6.07) is 36.8. The van der Waals surface area contributed by atoms with Gasteiger partial charge in [0.1, 0.15) is 18.1 Å². The van der Waals surface area contributed by atoms with Crippen molar-refractivity contribution in [3.05, 3.63) is 131 Å². The average Bonchev–Trinajstić information content (AvgIpc) is 2.87. The SMILES string of the molecule is COc1cccc(CC(N=Cc2cccc(OCc3ccccc3)c2)c2ccccc2)c1. The van der Waals surface area contributed by atoms with Gasteiger partial charge in [-0.3, -0.25) is 4.99 Å². The van der Waals surface area contributed by atoms with Crippen molar-refractivity contribution in [3.63, 3.8) is 0 Å². The molecule has 0 saturated carbocycles. The minimum Gasteiger partial charge on any atom is -0.497 e. The highest BCUT2D eigenvalue weighted by atomic mass is 16.5. The monoisotopic (exact) mass is 421 g/mol. The van der Waals surface area contributed by atoms with Gasteiger partial charge in [0.05, 0.1) is 13.2 Å². The van der Waals surface area contributed by atoms with Crippen LogP contribution in [0.2, 0.25) is 0 Å². The molecule has 3 heteroatoms. The van der Waals surface area contributed by atoms with Gasteiger partial charge in [-0.15, -0.1) is 0 Å². The number of methoxy groups -OCH3 is 1. The van der Waals surface area contributed by atoms with E-state index in [-0.39, 0.29) is 6.04 Å². The Bertz CT molecular complexity index is 1140. The van der Waals surface area contributed by atoms with Crippen LogP contribution in [0, 0.1) is 0 Å². The molecule has 0 aliphatic carbocycles. The van der Waals surface area contributed by atoms with Crippen molar-refractivity contribution in [2.24, 2.45) is 4.99 Å². The fraction of sp³-hybridized carbons (Fsp3) is 0.138. The van der Waals surface area contributed by atoms with Gasteiger partial charge in [-0.25, -0.2) is 0 Å². The molecule has 0 bridgehead atoms. The van der Waals surface area contributed by atoms with Crippen LogP contribution in [0.3, 0.4) is 0 Å². The molecule has 0 saturated heterocycles. The number of nitrogens with zero attached hydrogens (tertiary/aromatic N) is 1.